The molecule has 0 spiro atoms. The number of rotatable bonds is 2. The summed E-state index contributed by atoms with van der Waals surface area (Å²) in [6.45, 7) is 6.87. The number of halogens is 1. The van der Waals surface area contributed by atoms with Crippen molar-refractivity contribution in [3.8, 4) is 0 Å². The molecule has 0 aliphatic carbocycles. The van der Waals surface area contributed by atoms with Crippen LogP contribution in [0.1, 0.15) is 17.8 Å². The largest absolute Gasteiger partial charge is 0.314 e. The molecule has 1 aliphatic rings. The van der Waals surface area contributed by atoms with Crippen LogP contribution < -0.4 is 5.32 Å². The quantitative estimate of drug-likeness (QED) is 0.892. The topological polar surface area (TPSA) is 15.3 Å². The van der Waals surface area contributed by atoms with Crippen LogP contribution in [0.25, 0.3) is 0 Å². The van der Waals surface area contributed by atoms with Crippen LogP contribution in [-0.4, -0.2) is 31.1 Å². The van der Waals surface area contributed by atoms with Gasteiger partial charge in [-0.3, -0.25) is 4.90 Å². The second-order valence-electron chi connectivity index (χ2n) is 3.60. The van der Waals surface area contributed by atoms with Crippen molar-refractivity contribution < 1.29 is 0 Å². The zero-order valence-electron chi connectivity index (χ0n) is 8.29. The van der Waals surface area contributed by atoms with Gasteiger partial charge in [0.2, 0.25) is 0 Å². The fourth-order valence-electron chi connectivity index (χ4n) is 1.80. The molecule has 78 valence electrons. The van der Waals surface area contributed by atoms with E-state index in [1.807, 2.05) is 11.3 Å². The van der Waals surface area contributed by atoms with Crippen LogP contribution in [0.3, 0.4) is 0 Å². The lowest BCUT2D eigenvalue weighted by Crippen LogP contribution is -2.44. The fourth-order valence-corrected chi connectivity index (χ4v) is 3.31. The Morgan fingerprint density at radius 2 is 2.14 bits per heavy atom. The number of nitrogens with one attached hydrogen (secondary N) is 1. The first-order valence-corrected chi connectivity index (χ1v) is 6.58. The van der Waals surface area contributed by atoms with Crippen molar-refractivity contribution in [3.05, 3.63) is 20.8 Å². The Balaban J connectivity index is 2.03. The highest BCUT2D eigenvalue weighted by Crippen LogP contribution is 2.30. The molecule has 2 nitrogen and oxygen atoms in total. The maximum atomic E-state index is 3.51. The van der Waals surface area contributed by atoms with Crippen LogP contribution in [0.5, 0.6) is 0 Å². The SMILES string of the molecule is C[C@H](c1ccc(Br)s1)N1CCNCC1. The van der Waals surface area contributed by atoms with Gasteiger partial charge < -0.3 is 5.32 Å². The number of hydrogen-bond acceptors (Lipinski definition) is 3. The van der Waals surface area contributed by atoms with Gasteiger partial charge >= 0.3 is 0 Å². The van der Waals surface area contributed by atoms with E-state index >= 15 is 0 Å². The zero-order chi connectivity index (χ0) is 9.97. The van der Waals surface area contributed by atoms with E-state index in [0.29, 0.717) is 6.04 Å². The molecule has 1 aromatic heterocycles. The minimum Gasteiger partial charge on any atom is -0.314 e. The summed E-state index contributed by atoms with van der Waals surface area (Å²) in [6, 6.07) is 4.92. The number of thiophene rings is 1. The van der Waals surface area contributed by atoms with E-state index < -0.39 is 0 Å². The summed E-state index contributed by atoms with van der Waals surface area (Å²) in [7, 11) is 0. The third-order valence-electron chi connectivity index (χ3n) is 2.71. The van der Waals surface area contributed by atoms with Crippen molar-refractivity contribution in [2.45, 2.75) is 13.0 Å². The Bertz CT molecular complexity index is 294. The third-order valence-corrected chi connectivity index (χ3v) is 4.50. The molecule has 2 heterocycles. The molecule has 0 unspecified atom stereocenters. The molecule has 1 saturated heterocycles. The van der Waals surface area contributed by atoms with Gasteiger partial charge in [-0.1, -0.05) is 0 Å². The number of nitrogens with zero attached hydrogens (tertiary/aromatic N) is 1. The molecule has 1 aliphatic heterocycles. The summed E-state index contributed by atoms with van der Waals surface area (Å²) in [4.78, 5) is 3.99. The van der Waals surface area contributed by atoms with E-state index in [9.17, 15) is 0 Å². The fraction of sp³-hybridized carbons (Fsp3) is 0.600. The van der Waals surface area contributed by atoms with Crippen molar-refractivity contribution in [2.24, 2.45) is 0 Å². The molecule has 2 rings (SSSR count). The Morgan fingerprint density at radius 1 is 1.43 bits per heavy atom. The first-order valence-electron chi connectivity index (χ1n) is 4.97. The van der Waals surface area contributed by atoms with E-state index in [0.717, 1.165) is 26.2 Å². The van der Waals surface area contributed by atoms with Crippen LogP contribution in [0, 0.1) is 0 Å². The van der Waals surface area contributed by atoms with Gasteiger partial charge in [0.25, 0.3) is 0 Å². The average Bonchev–Trinajstić information content (AvgIpc) is 2.65. The van der Waals surface area contributed by atoms with E-state index in [4.69, 9.17) is 0 Å². The van der Waals surface area contributed by atoms with E-state index in [-0.39, 0.29) is 0 Å². The summed E-state index contributed by atoms with van der Waals surface area (Å²) in [5, 5.41) is 3.38. The Morgan fingerprint density at radius 3 is 2.71 bits per heavy atom. The van der Waals surface area contributed by atoms with Gasteiger partial charge in [-0.05, 0) is 35.0 Å². The van der Waals surface area contributed by atoms with Gasteiger partial charge in [-0.2, -0.15) is 0 Å². The molecule has 1 aromatic rings. The molecule has 0 aromatic carbocycles. The minimum atomic E-state index is 0.563. The van der Waals surface area contributed by atoms with E-state index in [2.05, 4.69) is 45.2 Å². The van der Waals surface area contributed by atoms with Crippen molar-refractivity contribution in [2.75, 3.05) is 26.2 Å². The van der Waals surface area contributed by atoms with Crippen LogP contribution in [-0.2, 0) is 0 Å². The van der Waals surface area contributed by atoms with Gasteiger partial charge in [-0.25, -0.2) is 0 Å². The monoisotopic (exact) mass is 274 g/mol. The molecule has 1 fully saturated rings. The standard InChI is InChI=1S/C10H15BrN2S/c1-8(9-2-3-10(11)14-9)13-6-4-12-5-7-13/h2-3,8,12H,4-7H2,1H3/t8-/m1/s1. The van der Waals surface area contributed by atoms with Crippen molar-refractivity contribution in [1.29, 1.82) is 0 Å². The number of hydrogen-bond donors (Lipinski definition) is 1. The first-order chi connectivity index (χ1) is 6.77. The molecule has 0 bridgehead atoms. The molecule has 1 atom stereocenters. The highest BCUT2D eigenvalue weighted by atomic mass is 79.9. The van der Waals surface area contributed by atoms with Gasteiger partial charge in [0.1, 0.15) is 0 Å². The predicted octanol–water partition coefficient (Wildman–Crippen LogP) is 2.48. The smallest absolute Gasteiger partial charge is 0.0701 e. The van der Waals surface area contributed by atoms with Gasteiger partial charge in [0.15, 0.2) is 0 Å². The molecule has 0 amide bonds. The maximum Gasteiger partial charge on any atom is 0.0701 e. The van der Waals surface area contributed by atoms with Crippen LogP contribution in [0.15, 0.2) is 15.9 Å². The van der Waals surface area contributed by atoms with E-state index in [1.54, 1.807) is 0 Å². The van der Waals surface area contributed by atoms with E-state index in [1.165, 1.54) is 8.66 Å². The highest BCUT2D eigenvalue weighted by molar-refractivity contribution is 9.11. The van der Waals surface area contributed by atoms with Crippen molar-refractivity contribution >= 4 is 27.3 Å². The molecule has 14 heavy (non-hydrogen) atoms. The number of piperazine rings is 1. The van der Waals surface area contributed by atoms with Gasteiger partial charge in [-0.15, -0.1) is 11.3 Å². The summed E-state index contributed by atoms with van der Waals surface area (Å²) in [5.74, 6) is 0. The Hall–Kier alpha value is 0.1000. The molecule has 4 heteroatoms. The van der Waals surface area contributed by atoms with Crippen molar-refractivity contribution in [1.82, 2.24) is 10.2 Å². The summed E-state index contributed by atoms with van der Waals surface area (Å²) in [5.41, 5.74) is 0. The Labute approximate surface area is 97.4 Å². The van der Waals surface area contributed by atoms with Gasteiger partial charge in [0.05, 0.1) is 3.79 Å². The second kappa shape index (κ2) is 4.75. The molecule has 1 N–H and O–H groups in total. The second-order valence-corrected chi connectivity index (χ2v) is 6.10. The zero-order valence-corrected chi connectivity index (χ0v) is 10.7. The lowest BCUT2D eigenvalue weighted by Gasteiger charge is -2.32. The lowest BCUT2D eigenvalue weighted by atomic mass is 10.2. The van der Waals surface area contributed by atoms with Crippen LogP contribution in [0.2, 0.25) is 0 Å². The average molecular weight is 275 g/mol. The third kappa shape index (κ3) is 2.37. The predicted molar refractivity (Wildman–Crippen MR) is 64.9 cm³/mol. The highest BCUT2D eigenvalue weighted by Gasteiger charge is 2.18. The summed E-state index contributed by atoms with van der Waals surface area (Å²) < 4.78 is 1.23. The summed E-state index contributed by atoms with van der Waals surface area (Å²) in [6.07, 6.45) is 0. The maximum absolute atomic E-state index is 3.51. The van der Waals surface area contributed by atoms with Crippen LogP contribution in [0.4, 0.5) is 0 Å². The van der Waals surface area contributed by atoms with Crippen LogP contribution >= 0.6 is 27.3 Å². The normalized spacial score (nSPS) is 21.0. The molecule has 0 radical (unpaired) electrons. The minimum absolute atomic E-state index is 0.563. The lowest BCUT2D eigenvalue weighted by molar-refractivity contribution is 0.188. The molecule has 0 saturated carbocycles. The molecular formula is C10H15BrN2S. The first kappa shape index (κ1) is 10.6. The molecular weight excluding hydrogens is 260 g/mol. The van der Waals surface area contributed by atoms with Crippen molar-refractivity contribution in [3.63, 3.8) is 0 Å². The van der Waals surface area contributed by atoms with Gasteiger partial charge in [0, 0.05) is 37.1 Å². The Kier molecular flexibility index (Phi) is 3.60. The summed E-state index contributed by atoms with van der Waals surface area (Å²) >= 11 is 5.36.